The first-order valence-corrected chi connectivity index (χ1v) is 12.7. The lowest BCUT2D eigenvalue weighted by Gasteiger charge is -2.09. The van der Waals surface area contributed by atoms with Crippen molar-refractivity contribution in [3.63, 3.8) is 0 Å². The zero-order valence-electron chi connectivity index (χ0n) is 18.4. The predicted octanol–water partition coefficient (Wildman–Crippen LogP) is 5.37. The van der Waals surface area contributed by atoms with Crippen molar-refractivity contribution in [3.8, 4) is 11.3 Å². The van der Waals surface area contributed by atoms with Crippen molar-refractivity contribution in [1.82, 2.24) is 4.98 Å². The maximum atomic E-state index is 12.7. The van der Waals surface area contributed by atoms with Crippen molar-refractivity contribution < 1.29 is 18.0 Å². The highest BCUT2D eigenvalue weighted by Gasteiger charge is 2.17. The van der Waals surface area contributed by atoms with E-state index >= 15 is 0 Å². The molecule has 0 saturated carbocycles. The molecule has 0 fully saturated rings. The third-order valence-electron chi connectivity index (χ3n) is 4.99. The van der Waals surface area contributed by atoms with E-state index in [1.165, 1.54) is 48.6 Å². The lowest BCUT2D eigenvalue weighted by Crippen LogP contribution is -2.15. The average molecular weight is 492 g/mol. The van der Waals surface area contributed by atoms with Crippen LogP contribution in [0.4, 0.5) is 10.8 Å². The van der Waals surface area contributed by atoms with Crippen LogP contribution in [0.1, 0.15) is 33.2 Å². The summed E-state index contributed by atoms with van der Waals surface area (Å²) in [5.74, 6) is -0.557. The van der Waals surface area contributed by atoms with Crippen LogP contribution in [0.5, 0.6) is 0 Å². The third kappa shape index (κ3) is 5.38. The van der Waals surface area contributed by atoms with E-state index in [4.69, 9.17) is 0 Å². The maximum Gasteiger partial charge on any atom is 0.261 e. The topological polar surface area (TPSA) is 105 Å². The largest absolute Gasteiger partial charge is 0.298 e. The van der Waals surface area contributed by atoms with Crippen molar-refractivity contribution in [2.24, 2.45) is 0 Å². The normalized spacial score (nSPS) is 11.1. The molecule has 34 heavy (non-hydrogen) atoms. The number of rotatable bonds is 7. The Bertz CT molecular complexity index is 1480. The van der Waals surface area contributed by atoms with Gasteiger partial charge in [-0.2, -0.15) is 0 Å². The van der Waals surface area contributed by atoms with Crippen LogP contribution in [0, 0.1) is 6.92 Å². The van der Waals surface area contributed by atoms with E-state index in [2.05, 4.69) is 15.0 Å². The molecule has 4 aromatic rings. The Morgan fingerprint density at radius 3 is 2.35 bits per heavy atom. The van der Waals surface area contributed by atoms with Crippen LogP contribution in [-0.2, 0) is 10.0 Å². The fraction of sp³-hybridized carbons (Fsp3) is 0.0800. The summed E-state index contributed by atoms with van der Waals surface area (Å²) in [5.41, 5.74) is 3.83. The molecule has 2 N–H and O–H groups in total. The minimum absolute atomic E-state index is 0.00624. The van der Waals surface area contributed by atoms with Gasteiger partial charge in [-0.25, -0.2) is 13.4 Å². The molecule has 0 aliphatic carbocycles. The molecule has 3 aromatic carbocycles. The molecule has 1 heterocycles. The van der Waals surface area contributed by atoms with Gasteiger partial charge < -0.3 is 0 Å². The van der Waals surface area contributed by atoms with Crippen molar-refractivity contribution in [1.29, 1.82) is 0 Å². The van der Waals surface area contributed by atoms with Crippen LogP contribution in [0.3, 0.4) is 0 Å². The standard InChI is InChI=1S/C25H21N3O4S2/c1-16-5-3-7-20(13-16)23-15-33-25(26-23)27-24(30)18-9-11-22(12-10-18)34(31,32)28-21-8-4-6-19(14-21)17(2)29/h3-15,28H,1-2H3,(H,26,27,30). The molecule has 0 atom stereocenters. The zero-order chi connectivity index (χ0) is 24.3. The van der Waals surface area contributed by atoms with Crippen LogP contribution < -0.4 is 10.0 Å². The Balaban J connectivity index is 1.45. The van der Waals surface area contributed by atoms with Crippen molar-refractivity contribution in [2.45, 2.75) is 18.7 Å². The summed E-state index contributed by atoms with van der Waals surface area (Å²) in [6, 6.07) is 19.7. The maximum absolute atomic E-state index is 12.7. The molecule has 1 aromatic heterocycles. The molecule has 1 amide bonds. The summed E-state index contributed by atoms with van der Waals surface area (Å²) in [5, 5.41) is 5.07. The molecular weight excluding hydrogens is 470 g/mol. The average Bonchev–Trinajstić information content (AvgIpc) is 3.27. The van der Waals surface area contributed by atoms with Gasteiger partial charge in [0.15, 0.2) is 10.9 Å². The molecule has 0 saturated heterocycles. The minimum Gasteiger partial charge on any atom is -0.298 e. The summed E-state index contributed by atoms with van der Waals surface area (Å²) in [6.45, 7) is 3.41. The first-order valence-electron chi connectivity index (χ1n) is 10.3. The molecule has 0 spiro atoms. The molecule has 172 valence electrons. The van der Waals surface area contributed by atoms with Gasteiger partial charge in [0, 0.05) is 27.8 Å². The van der Waals surface area contributed by atoms with E-state index < -0.39 is 15.9 Å². The number of thiazole rings is 1. The number of aromatic nitrogens is 1. The Hall–Kier alpha value is -3.82. The summed E-state index contributed by atoms with van der Waals surface area (Å²) in [6.07, 6.45) is 0. The van der Waals surface area contributed by atoms with Crippen LogP contribution in [-0.4, -0.2) is 25.1 Å². The van der Waals surface area contributed by atoms with E-state index in [-0.39, 0.29) is 16.4 Å². The lowest BCUT2D eigenvalue weighted by atomic mass is 10.1. The van der Waals surface area contributed by atoms with E-state index in [1.807, 2.05) is 36.6 Å². The van der Waals surface area contributed by atoms with Crippen molar-refractivity contribution in [2.75, 3.05) is 10.0 Å². The fourth-order valence-electron chi connectivity index (χ4n) is 3.24. The van der Waals surface area contributed by atoms with Gasteiger partial charge >= 0.3 is 0 Å². The molecule has 0 aliphatic rings. The molecule has 7 nitrogen and oxygen atoms in total. The van der Waals surface area contributed by atoms with Gasteiger partial charge in [-0.15, -0.1) is 11.3 Å². The second-order valence-corrected chi connectivity index (χ2v) is 10.2. The number of carbonyl (C=O) groups is 2. The SMILES string of the molecule is CC(=O)c1cccc(NS(=O)(=O)c2ccc(C(=O)Nc3nc(-c4cccc(C)c4)cs3)cc2)c1. The number of aryl methyl sites for hydroxylation is 1. The zero-order valence-corrected chi connectivity index (χ0v) is 20.0. The molecule has 0 radical (unpaired) electrons. The predicted molar refractivity (Wildman–Crippen MR) is 134 cm³/mol. The monoisotopic (exact) mass is 491 g/mol. The number of hydrogen-bond acceptors (Lipinski definition) is 6. The summed E-state index contributed by atoms with van der Waals surface area (Å²) < 4.78 is 27.9. The molecule has 4 rings (SSSR count). The number of nitrogens with zero attached hydrogens (tertiary/aromatic N) is 1. The van der Waals surface area contributed by atoms with Crippen LogP contribution in [0.25, 0.3) is 11.3 Å². The van der Waals surface area contributed by atoms with Gasteiger partial charge in [-0.1, -0.05) is 35.9 Å². The summed E-state index contributed by atoms with van der Waals surface area (Å²) in [7, 11) is -3.89. The molecule has 0 unspecified atom stereocenters. The Labute approximate surface area is 201 Å². The lowest BCUT2D eigenvalue weighted by molar-refractivity contribution is 0.101. The van der Waals surface area contributed by atoms with Gasteiger partial charge in [0.2, 0.25) is 0 Å². The first-order chi connectivity index (χ1) is 16.2. The van der Waals surface area contributed by atoms with Crippen molar-refractivity contribution >= 4 is 43.9 Å². The number of sulfonamides is 1. The summed E-state index contributed by atoms with van der Waals surface area (Å²) >= 11 is 1.31. The van der Waals surface area contributed by atoms with E-state index in [9.17, 15) is 18.0 Å². The highest BCUT2D eigenvalue weighted by Crippen LogP contribution is 2.26. The number of amides is 1. The van der Waals surface area contributed by atoms with Crippen LogP contribution in [0.15, 0.2) is 83.1 Å². The van der Waals surface area contributed by atoms with Gasteiger partial charge in [-0.05, 0) is 56.3 Å². The first kappa shape index (κ1) is 23.3. The Morgan fingerprint density at radius 2 is 1.65 bits per heavy atom. The highest BCUT2D eigenvalue weighted by molar-refractivity contribution is 7.92. The Morgan fingerprint density at radius 1 is 0.912 bits per heavy atom. The number of ketones is 1. The van der Waals surface area contributed by atoms with E-state index in [1.54, 1.807) is 18.2 Å². The van der Waals surface area contributed by atoms with Gasteiger partial charge in [0.25, 0.3) is 15.9 Å². The number of carbonyl (C=O) groups excluding carboxylic acids is 2. The van der Waals surface area contributed by atoms with Gasteiger partial charge in [0.05, 0.1) is 10.6 Å². The molecule has 0 aliphatic heterocycles. The number of hydrogen-bond donors (Lipinski definition) is 2. The smallest absolute Gasteiger partial charge is 0.261 e. The second kappa shape index (κ2) is 9.58. The number of nitrogens with one attached hydrogen (secondary N) is 2. The number of Topliss-reactive ketones (excluding diaryl/α,β-unsaturated/α-hetero) is 1. The fourth-order valence-corrected chi connectivity index (χ4v) is 5.00. The highest BCUT2D eigenvalue weighted by atomic mass is 32.2. The molecule has 0 bridgehead atoms. The van der Waals surface area contributed by atoms with E-state index in [0.29, 0.717) is 16.3 Å². The van der Waals surface area contributed by atoms with E-state index in [0.717, 1.165) is 16.8 Å². The van der Waals surface area contributed by atoms with Crippen molar-refractivity contribution in [3.05, 3.63) is 94.9 Å². The molecule has 9 heteroatoms. The van der Waals surface area contributed by atoms with Crippen LogP contribution in [0.2, 0.25) is 0 Å². The Kier molecular flexibility index (Phi) is 6.58. The quantitative estimate of drug-likeness (QED) is 0.338. The van der Waals surface area contributed by atoms with Gasteiger partial charge in [-0.3, -0.25) is 19.6 Å². The minimum atomic E-state index is -3.89. The molecular formula is C25H21N3O4S2. The van der Waals surface area contributed by atoms with Gasteiger partial charge in [0.1, 0.15) is 0 Å². The second-order valence-electron chi connectivity index (χ2n) is 7.63. The number of benzene rings is 3. The third-order valence-corrected chi connectivity index (χ3v) is 7.14. The summed E-state index contributed by atoms with van der Waals surface area (Å²) in [4.78, 5) is 28.6. The number of anilines is 2. The van der Waals surface area contributed by atoms with Crippen LogP contribution >= 0.6 is 11.3 Å².